The molecule has 1 aromatic heterocycles. The molecule has 0 radical (unpaired) electrons. The number of hydrogen-bond acceptors (Lipinski definition) is 4. The molecule has 124 valence electrons. The molecule has 0 fully saturated rings. The average Bonchev–Trinajstić information content (AvgIpc) is 3.06. The second-order valence-corrected chi connectivity index (χ2v) is 5.37. The minimum absolute atomic E-state index is 0.0176. The number of nitrogens with zero attached hydrogens (tertiary/aromatic N) is 2. The van der Waals surface area contributed by atoms with Gasteiger partial charge in [0.15, 0.2) is 0 Å². The zero-order valence-corrected chi connectivity index (χ0v) is 13.7. The number of aromatic amines is 1. The van der Waals surface area contributed by atoms with Crippen molar-refractivity contribution in [2.24, 2.45) is 0 Å². The fraction of sp³-hybridized carbons (Fsp3) is 0.375. The second-order valence-electron chi connectivity index (χ2n) is 5.37. The number of urea groups is 1. The van der Waals surface area contributed by atoms with Gasteiger partial charge in [-0.15, -0.1) is 0 Å². The normalized spacial score (nSPS) is 12.0. The molecule has 2 aromatic rings. The lowest BCUT2D eigenvalue weighted by molar-refractivity contribution is 0.231. The molecule has 0 bridgehead atoms. The van der Waals surface area contributed by atoms with E-state index in [0.717, 1.165) is 17.0 Å². The topological polar surface area (TPSA) is 82.3 Å². The first kappa shape index (κ1) is 16.8. The second kappa shape index (κ2) is 8.19. The summed E-state index contributed by atoms with van der Waals surface area (Å²) in [5.41, 5.74) is 1.89. The highest BCUT2D eigenvalue weighted by Crippen LogP contribution is 2.27. The number of carbonyl (C=O) groups is 1. The van der Waals surface area contributed by atoms with Gasteiger partial charge in [0, 0.05) is 18.3 Å². The predicted molar refractivity (Wildman–Crippen MR) is 88.2 cm³/mol. The first-order valence-corrected chi connectivity index (χ1v) is 7.41. The van der Waals surface area contributed by atoms with Gasteiger partial charge >= 0.3 is 6.03 Å². The molecule has 3 N–H and O–H groups in total. The van der Waals surface area contributed by atoms with E-state index in [0.29, 0.717) is 13.1 Å². The van der Waals surface area contributed by atoms with Crippen LogP contribution in [-0.4, -0.2) is 48.9 Å². The lowest BCUT2D eigenvalue weighted by atomic mass is 10.0. The van der Waals surface area contributed by atoms with Gasteiger partial charge < -0.3 is 20.3 Å². The van der Waals surface area contributed by atoms with Crippen molar-refractivity contribution in [3.8, 4) is 5.75 Å². The molecule has 0 aliphatic rings. The van der Waals surface area contributed by atoms with Gasteiger partial charge in [-0.2, -0.15) is 5.10 Å². The fourth-order valence-electron chi connectivity index (χ4n) is 2.32. The van der Waals surface area contributed by atoms with Gasteiger partial charge in [-0.25, -0.2) is 4.79 Å². The van der Waals surface area contributed by atoms with Gasteiger partial charge in [0.1, 0.15) is 5.75 Å². The van der Waals surface area contributed by atoms with Crippen molar-refractivity contribution in [2.45, 2.75) is 12.6 Å². The maximum Gasteiger partial charge on any atom is 0.315 e. The lowest BCUT2D eigenvalue weighted by Crippen LogP contribution is -2.40. The zero-order valence-electron chi connectivity index (χ0n) is 13.7. The Morgan fingerprint density at radius 3 is 2.74 bits per heavy atom. The number of ether oxygens (including phenoxy) is 1. The summed E-state index contributed by atoms with van der Waals surface area (Å²) in [5.74, 6) is 0.811. The van der Waals surface area contributed by atoms with Gasteiger partial charge in [-0.3, -0.25) is 5.10 Å². The summed E-state index contributed by atoms with van der Waals surface area (Å²) >= 11 is 0. The van der Waals surface area contributed by atoms with Gasteiger partial charge in [0.25, 0.3) is 0 Å². The van der Waals surface area contributed by atoms with Gasteiger partial charge in [0.05, 0.1) is 25.4 Å². The third-order valence-corrected chi connectivity index (χ3v) is 3.58. The van der Waals surface area contributed by atoms with Crippen molar-refractivity contribution in [2.75, 3.05) is 27.7 Å². The number of nitrogens with one attached hydrogen (secondary N) is 3. The monoisotopic (exact) mass is 317 g/mol. The number of hydrogen-bond donors (Lipinski definition) is 3. The van der Waals surface area contributed by atoms with Crippen LogP contribution in [0.4, 0.5) is 4.79 Å². The third kappa shape index (κ3) is 4.72. The van der Waals surface area contributed by atoms with E-state index in [-0.39, 0.29) is 12.1 Å². The fourth-order valence-corrected chi connectivity index (χ4v) is 2.32. The van der Waals surface area contributed by atoms with Crippen LogP contribution in [0.3, 0.4) is 0 Å². The van der Waals surface area contributed by atoms with Crippen LogP contribution >= 0.6 is 0 Å². The van der Waals surface area contributed by atoms with Crippen LogP contribution in [0, 0.1) is 0 Å². The molecule has 0 aliphatic heterocycles. The zero-order chi connectivity index (χ0) is 16.7. The quantitative estimate of drug-likeness (QED) is 0.723. The van der Waals surface area contributed by atoms with Crippen LogP contribution in [0.25, 0.3) is 0 Å². The minimum atomic E-state index is -0.221. The van der Waals surface area contributed by atoms with E-state index in [1.54, 1.807) is 13.3 Å². The Bertz CT molecular complexity index is 613. The lowest BCUT2D eigenvalue weighted by Gasteiger charge is -2.26. The molecule has 0 aliphatic carbocycles. The number of benzene rings is 1. The van der Waals surface area contributed by atoms with Crippen molar-refractivity contribution in [3.63, 3.8) is 0 Å². The highest BCUT2D eigenvalue weighted by molar-refractivity contribution is 5.73. The Morgan fingerprint density at radius 2 is 2.09 bits per heavy atom. The van der Waals surface area contributed by atoms with E-state index in [1.165, 1.54) is 0 Å². The van der Waals surface area contributed by atoms with E-state index in [9.17, 15) is 4.79 Å². The molecule has 1 atom stereocenters. The van der Waals surface area contributed by atoms with Gasteiger partial charge in [0.2, 0.25) is 0 Å². The molecular formula is C16H23N5O2. The predicted octanol–water partition coefficient (Wildman–Crippen LogP) is 1.52. The number of H-pyrrole nitrogens is 1. The summed E-state index contributed by atoms with van der Waals surface area (Å²) in [6.45, 7) is 0.884. The molecule has 23 heavy (non-hydrogen) atoms. The van der Waals surface area contributed by atoms with E-state index in [1.807, 2.05) is 49.3 Å². The molecule has 0 unspecified atom stereocenters. The SMILES string of the molecule is COc1ccccc1[C@@H](CNC(=O)NCc1ccn[nH]1)N(C)C. The molecule has 0 saturated heterocycles. The number of aromatic nitrogens is 2. The molecule has 0 saturated carbocycles. The van der Waals surface area contributed by atoms with Crippen LogP contribution in [-0.2, 0) is 6.54 Å². The number of methoxy groups -OCH3 is 1. The smallest absolute Gasteiger partial charge is 0.315 e. The summed E-state index contributed by atoms with van der Waals surface area (Å²) in [6.07, 6.45) is 1.65. The third-order valence-electron chi connectivity index (χ3n) is 3.58. The first-order chi connectivity index (χ1) is 11.1. The summed E-state index contributed by atoms with van der Waals surface area (Å²) in [5, 5.41) is 12.3. The molecule has 1 heterocycles. The molecule has 2 rings (SSSR count). The summed E-state index contributed by atoms with van der Waals surface area (Å²) < 4.78 is 5.41. The van der Waals surface area contributed by atoms with Crippen molar-refractivity contribution in [1.29, 1.82) is 0 Å². The van der Waals surface area contributed by atoms with Crippen LogP contribution in [0.2, 0.25) is 0 Å². The molecule has 0 spiro atoms. The molecule has 1 aromatic carbocycles. The Balaban J connectivity index is 1.93. The number of para-hydroxylation sites is 1. The molecule has 7 heteroatoms. The van der Waals surface area contributed by atoms with Crippen molar-refractivity contribution < 1.29 is 9.53 Å². The number of amides is 2. The van der Waals surface area contributed by atoms with Gasteiger partial charge in [-0.1, -0.05) is 18.2 Å². The summed E-state index contributed by atoms with van der Waals surface area (Å²) in [7, 11) is 5.60. The number of rotatable bonds is 7. The maximum atomic E-state index is 11.9. The maximum absolute atomic E-state index is 11.9. The first-order valence-electron chi connectivity index (χ1n) is 7.41. The number of carbonyl (C=O) groups excluding carboxylic acids is 1. The van der Waals surface area contributed by atoms with Crippen LogP contribution < -0.4 is 15.4 Å². The molecule has 2 amide bonds. The van der Waals surface area contributed by atoms with E-state index >= 15 is 0 Å². The standard InChI is InChI=1S/C16H23N5O2/c1-21(2)14(13-6-4-5-7-15(13)23-3)11-18-16(22)17-10-12-8-9-19-20-12/h4-9,14H,10-11H2,1-3H3,(H,19,20)(H2,17,18,22)/t14-/m1/s1. The Hall–Kier alpha value is -2.54. The highest BCUT2D eigenvalue weighted by atomic mass is 16.5. The summed E-state index contributed by atoms with van der Waals surface area (Å²) in [6, 6.07) is 9.44. The molecule has 7 nitrogen and oxygen atoms in total. The molecular weight excluding hydrogens is 294 g/mol. The Labute approximate surface area is 136 Å². The highest BCUT2D eigenvalue weighted by Gasteiger charge is 2.18. The Kier molecular flexibility index (Phi) is 5.99. The largest absolute Gasteiger partial charge is 0.496 e. The van der Waals surface area contributed by atoms with Crippen molar-refractivity contribution >= 4 is 6.03 Å². The van der Waals surface area contributed by atoms with Gasteiger partial charge in [-0.05, 0) is 26.2 Å². The van der Waals surface area contributed by atoms with Crippen molar-refractivity contribution in [1.82, 2.24) is 25.7 Å². The average molecular weight is 317 g/mol. The van der Waals surface area contributed by atoms with E-state index in [2.05, 4.69) is 20.8 Å². The summed E-state index contributed by atoms with van der Waals surface area (Å²) in [4.78, 5) is 14.0. The minimum Gasteiger partial charge on any atom is -0.496 e. The van der Waals surface area contributed by atoms with Crippen molar-refractivity contribution in [3.05, 3.63) is 47.8 Å². The number of likely N-dealkylation sites (N-methyl/N-ethyl adjacent to an activating group) is 1. The van der Waals surface area contributed by atoms with E-state index in [4.69, 9.17) is 4.74 Å². The Morgan fingerprint density at radius 1 is 1.30 bits per heavy atom. The van der Waals surface area contributed by atoms with Crippen LogP contribution in [0.5, 0.6) is 5.75 Å². The van der Waals surface area contributed by atoms with E-state index < -0.39 is 0 Å². The van der Waals surface area contributed by atoms with Crippen LogP contribution in [0.1, 0.15) is 17.3 Å². The van der Waals surface area contributed by atoms with Crippen LogP contribution in [0.15, 0.2) is 36.5 Å².